The quantitative estimate of drug-likeness (QED) is 0.223. The Morgan fingerprint density at radius 1 is 1.00 bits per heavy atom. The number of Topliss-reactive ketones (excluding diaryl/α,β-unsaturated/α-hetero) is 1. The summed E-state index contributed by atoms with van der Waals surface area (Å²) in [6.45, 7) is 5.95. The summed E-state index contributed by atoms with van der Waals surface area (Å²) in [7, 11) is 0. The number of thioether (sulfide) groups is 1. The number of carbonyl (C=O) groups is 1. The molecule has 1 fully saturated rings. The number of aromatic nitrogens is 4. The van der Waals surface area contributed by atoms with E-state index in [4.69, 9.17) is 11.6 Å². The molecule has 2 aromatic carbocycles. The van der Waals surface area contributed by atoms with Gasteiger partial charge in [0.05, 0.1) is 5.25 Å². The van der Waals surface area contributed by atoms with Gasteiger partial charge in [0.25, 0.3) is 0 Å². The second kappa shape index (κ2) is 8.84. The fraction of sp³-hybridized carbons (Fsp3) is 0.269. The predicted octanol–water partition coefficient (Wildman–Crippen LogP) is 6.57. The number of hydrogen-bond donors (Lipinski definition) is 0. The van der Waals surface area contributed by atoms with Gasteiger partial charge in [-0.1, -0.05) is 41.6 Å². The molecule has 1 atom stereocenters. The van der Waals surface area contributed by atoms with Crippen LogP contribution in [0.4, 0.5) is 0 Å². The van der Waals surface area contributed by atoms with Crippen molar-refractivity contribution in [3.05, 3.63) is 88.5 Å². The van der Waals surface area contributed by atoms with Crippen LogP contribution in [0.5, 0.6) is 0 Å². The number of rotatable bonds is 7. The second-order valence-electron chi connectivity index (χ2n) is 8.51. The lowest BCUT2D eigenvalue weighted by atomic mass is 10.1. The van der Waals surface area contributed by atoms with Gasteiger partial charge in [0, 0.05) is 39.3 Å². The lowest BCUT2D eigenvalue weighted by Gasteiger charge is -2.14. The van der Waals surface area contributed by atoms with Crippen molar-refractivity contribution >= 4 is 29.1 Å². The second-order valence-corrected chi connectivity index (χ2v) is 10.3. The molecule has 4 aromatic rings. The molecule has 1 unspecified atom stereocenters. The number of aryl methyl sites for hydroxylation is 1. The van der Waals surface area contributed by atoms with E-state index in [0.29, 0.717) is 10.9 Å². The highest BCUT2D eigenvalue weighted by atomic mass is 35.5. The van der Waals surface area contributed by atoms with Crippen LogP contribution in [0.3, 0.4) is 0 Å². The summed E-state index contributed by atoms with van der Waals surface area (Å²) in [4.78, 5) is 13.5. The van der Waals surface area contributed by atoms with E-state index in [-0.39, 0.29) is 11.0 Å². The summed E-state index contributed by atoms with van der Waals surface area (Å²) < 4.78 is 4.21. The van der Waals surface area contributed by atoms with Crippen molar-refractivity contribution in [2.75, 3.05) is 0 Å². The molecule has 1 saturated carbocycles. The first-order chi connectivity index (χ1) is 15.9. The van der Waals surface area contributed by atoms with Crippen LogP contribution in [0, 0.1) is 13.8 Å². The van der Waals surface area contributed by atoms with Gasteiger partial charge in [-0.05, 0) is 76.1 Å². The van der Waals surface area contributed by atoms with Gasteiger partial charge in [-0.15, -0.1) is 10.2 Å². The van der Waals surface area contributed by atoms with Crippen molar-refractivity contribution in [2.24, 2.45) is 0 Å². The molecule has 0 aliphatic heterocycles. The van der Waals surface area contributed by atoms with Crippen LogP contribution in [0.15, 0.2) is 65.8 Å². The molecule has 0 saturated heterocycles. The Bertz CT molecular complexity index is 1310. The van der Waals surface area contributed by atoms with Gasteiger partial charge >= 0.3 is 0 Å². The third-order valence-electron chi connectivity index (χ3n) is 6.05. The molecular weight excluding hydrogens is 452 g/mol. The Balaban J connectivity index is 1.44. The van der Waals surface area contributed by atoms with E-state index in [9.17, 15) is 4.79 Å². The monoisotopic (exact) mass is 476 g/mol. The smallest absolute Gasteiger partial charge is 0.196 e. The molecule has 0 radical (unpaired) electrons. The first-order valence-corrected chi connectivity index (χ1v) is 12.4. The van der Waals surface area contributed by atoms with Crippen molar-refractivity contribution in [3.63, 3.8) is 0 Å². The number of ketones is 1. The van der Waals surface area contributed by atoms with Crippen molar-refractivity contribution in [3.8, 4) is 11.4 Å². The zero-order chi connectivity index (χ0) is 23.1. The molecule has 33 heavy (non-hydrogen) atoms. The minimum Gasteiger partial charge on any atom is -0.318 e. The van der Waals surface area contributed by atoms with Crippen molar-refractivity contribution < 1.29 is 4.79 Å². The molecule has 0 bridgehead atoms. The number of carbonyl (C=O) groups excluding carboxylic acids is 1. The number of halogens is 1. The molecular formula is C26H25ClN4OS. The number of nitrogens with zero attached hydrogens (tertiary/aromatic N) is 4. The first kappa shape index (κ1) is 22.0. The SMILES string of the molecule is Cc1cc(C(=O)C(C)Sc2nnc(C3CC3)n2-c2ccccc2)c(C)n1-c1ccc(Cl)cc1. The summed E-state index contributed by atoms with van der Waals surface area (Å²) in [5.41, 5.74) is 4.70. The van der Waals surface area contributed by atoms with E-state index in [2.05, 4.69) is 31.5 Å². The van der Waals surface area contributed by atoms with Crippen molar-refractivity contribution in [1.29, 1.82) is 0 Å². The van der Waals surface area contributed by atoms with E-state index in [1.807, 2.05) is 69.3 Å². The summed E-state index contributed by atoms with van der Waals surface area (Å²) in [6.07, 6.45) is 2.28. The summed E-state index contributed by atoms with van der Waals surface area (Å²) >= 11 is 7.52. The van der Waals surface area contributed by atoms with Gasteiger partial charge in [-0.3, -0.25) is 9.36 Å². The molecule has 1 aliphatic rings. The van der Waals surface area contributed by atoms with Crippen LogP contribution in [0.1, 0.15) is 53.3 Å². The minimum absolute atomic E-state index is 0.0869. The Morgan fingerprint density at radius 2 is 1.67 bits per heavy atom. The highest BCUT2D eigenvalue weighted by Crippen LogP contribution is 2.41. The predicted molar refractivity (Wildman–Crippen MR) is 133 cm³/mol. The van der Waals surface area contributed by atoms with E-state index >= 15 is 0 Å². The third-order valence-corrected chi connectivity index (χ3v) is 7.34. The minimum atomic E-state index is -0.303. The largest absolute Gasteiger partial charge is 0.318 e. The van der Waals surface area contributed by atoms with Crippen molar-refractivity contribution in [1.82, 2.24) is 19.3 Å². The maximum atomic E-state index is 13.5. The summed E-state index contributed by atoms with van der Waals surface area (Å²) in [6, 6.07) is 19.8. The Kier molecular flexibility index (Phi) is 5.89. The van der Waals surface area contributed by atoms with Gasteiger partial charge in [-0.2, -0.15) is 0 Å². The zero-order valence-electron chi connectivity index (χ0n) is 18.8. The highest BCUT2D eigenvalue weighted by Gasteiger charge is 2.32. The topological polar surface area (TPSA) is 52.7 Å². The summed E-state index contributed by atoms with van der Waals surface area (Å²) in [5, 5.41) is 10.1. The van der Waals surface area contributed by atoms with E-state index in [1.54, 1.807) is 0 Å². The van der Waals surface area contributed by atoms with Gasteiger partial charge in [0.1, 0.15) is 5.82 Å². The third kappa shape index (κ3) is 4.25. The maximum Gasteiger partial charge on any atom is 0.196 e. The van der Waals surface area contributed by atoms with Gasteiger partial charge in [-0.25, -0.2) is 0 Å². The number of para-hydroxylation sites is 1. The van der Waals surface area contributed by atoms with Gasteiger partial charge in [0.2, 0.25) is 0 Å². The van der Waals surface area contributed by atoms with Crippen LogP contribution in [-0.4, -0.2) is 30.4 Å². The molecule has 0 spiro atoms. The lowest BCUT2D eigenvalue weighted by Crippen LogP contribution is -2.16. The zero-order valence-corrected chi connectivity index (χ0v) is 20.4. The maximum absolute atomic E-state index is 13.5. The molecule has 2 aromatic heterocycles. The highest BCUT2D eigenvalue weighted by molar-refractivity contribution is 8.00. The molecule has 168 valence electrons. The Morgan fingerprint density at radius 3 is 2.33 bits per heavy atom. The van der Waals surface area contributed by atoms with Crippen molar-refractivity contribution in [2.45, 2.75) is 49.9 Å². The molecule has 7 heteroatoms. The molecule has 2 heterocycles. The van der Waals surface area contributed by atoms with Gasteiger partial charge in [0.15, 0.2) is 10.9 Å². The van der Waals surface area contributed by atoms with Crippen LogP contribution in [-0.2, 0) is 0 Å². The van der Waals surface area contributed by atoms with E-state index in [0.717, 1.165) is 52.1 Å². The molecule has 5 rings (SSSR count). The van der Waals surface area contributed by atoms with Crippen LogP contribution < -0.4 is 0 Å². The van der Waals surface area contributed by atoms with Crippen LogP contribution >= 0.6 is 23.4 Å². The lowest BCUT2D eigenvalue weighted by molar-refractivity contribution is 0.0993. The standard InChI is InChI=1S/C26H25ClN4OS/c1-16-15-23(17(2)30(16)22-13-11-20(27)12-14-22)24(32)18(3)33-26-29-28-25(19-9-10-19)31(26)21-7-5-4-6-8-21/h4-8,11-15,18-19H,9-10H2,1-3H3. The first-order valence-electron chi connectivity index (χ1n) is 11.1. The van der Waals surface area contributed by atoms with Gasteiger partial charge < -0.3 is 4.57 Å². The fourth-order valence-electron chi connectivity index (χ4n) is 4.21. The molecule has 1 aliphatic carbocycles. The van der Waals surface area contributed by atoms with Crippen LogP contribution in [0.2, 0.25) is 5.02 Å². The Hall–Kier alpha value is -2.83. The fourth-order valence-corrected chi connectivity index (χ4v) is 5.28. The average molecular weight is 477 g/mol. The van der Waals surface area contributed by atoms with Crippen LogP contribution in [0.25, 0.3) is 11.4 Å². The van der Waals surface area contributed by atoms with E-state index in [1.165, 1.54) is 11.8 Å². The number of hydrogen-bond acceptors (Lipinski definition) is 4. The summed E-state index contributed by atoms with van der Waals surface area (Å²) in [5.74, 6) is 1.53. The Labute approximate surface area is 202 Å². The molecule has 0 amide bonds. The average Bonchev–Trinajstić information content (AvgIpc) is 3.51. The molecule has 5 nitrogen and oxygen atoms in total. The molecule has 0 N–H and O–H groups in total. The number of benzene rings is 2. The normalized spacial score (nSPS) is 14.4. The van der Waals surface area contributed by atoms with E-state index < -0.39 is 0 Å².